The van der Waals surface area contributed by atoms with Gasteiger partial charge in [-0.3, -0.25) is 9.36 Å². The Morgan fingerprint density at radius 1 is 1.50 bits per heavy atom. The third-order valence-electron chi connectivity index (χ3n) is 3.32. The van der Waals surface area contributed by atoms with Crippen LogP contribution >= 0.6 is 11.8 Å². The Hall–Kier alpha value is -1.04. The Kier molecular flexibility index (Phi) is 4.27. The van der Waals surface area contributed by atoms with Gasteiger partial charge in [0.1, 0.15) is 5.78 Å². The van der Waals surface area contributed by atoms with Crippen LogP contribution in [0.1, 0.15) is 45.6 Å². The van der Waals surface area contributed by atoms with E-state index in [2.05, 4.69) is 10.2 Å². The fourth-order valence-electron chi connectivity index (χ4n) is 2.33. The summed E-state index contributed by atoms with van der Waals surface area (Å²) in [4.78, 5) is 23.0. The van der Waals surface area contributed by atoms with Crippen LogP contribution in [0.15, 0.2) is 9.95 Å². The van der Waals surface area contributed by atoms with Crippen molar-refractivity contribution in [2.24, 2.45) is 5.92 Å². The molecule has 1 fully saturated rings. The van der Waals surface area contributed by atoms with E-state index in [1.165, 1.54) is 0 Å². The summed E-state index contributed by atoms with van der Waals surface area (Å²) in [5.41, 5.74) is -0.163. The van der Waals surface area contributed by atoms with E-state index in [9.17, 15) is 9.59 Å². The lowest BCUT2D eigenvalue weighted by atomic mass is 10.1. The lowest BCUT2D eigenvalue weighted by Crippen LogP contribution is -2.19. The van der Waals surface area contributed by atoms with Gasteiger partial charge in [0.2, 0.25) is 0 Å². The van der Waals surface area contributed by atoms with Crippen molar-refractivity contribution in [3.63, 3.8) is 0 Å². The molecule has 5 nitrogen and oxygen atoms in total. The van der Waals surface area contributed by atoms with E-state index in [-0.39, 0.29) is 17.6 Å². The highest BCUT2D eigenvalue weighted by molar-refractivity contribution is 7.99. The molecular formula is C12H19N3O2S. The SMILES string of the molecule is CC(C)n1c(SCCC2CCCC2=O)n[nH]c1=O. The van der Waals surface area contributed by atoms with Crippen molar-refractivity contribution in [3.8, 4) is 0 Å². The molecule has 1 atom stereocenters. The summed E-state index contributed by atoms with van der Waals surface area (Å²) in [6.07, 6.45) is 3.70. The molecule has 0 radical (unpaired) electrons. The first kappa shape index (κ1) is 13.4. The zero-order chi connectivity index (χ0) is 13.1. The van der Waals surface area contributed by atoms with Crippen LogP contribution in [0.5, 0.6) is 0 Å². The van der Waals surface area contributed by atoms with Gasteiger partial charge in [-0.1, -0.05) is 11.8 Å². The Balaban J connectivity index is 1.90. The molecule has 0 saturated heterocycles. The normalized spacial score (nSPS) is 19.9. The molecule has 1 saturated carbocycles. The molecule has 6 heteroatoms. The molecule has 0 spiro atoms. The topological polar surface area (TPSA) is 67.8 Å². The van der Waals surface area contributed by atoms with Gasteiger partial charge in [-0.2, -0.15) is 0 Å². The maximum Gasteiger partial charge on any atom is 0.344 e. The summed E-state index contributed by atoms with van der Waals surface area (Å²) < 4.78 is 1.65. The molecule has 1 aromatic heterocycles. The number of H-pyrrole nitrogens is 1. The van der Waals surface area contributed by atoms with E-state index in [0.29, 0.717) is 5.78 Å². The standard InChI is InChI=1S/C12H19N3O2S/c1-8(2)15-11(17)13-14-12(15)18-7-6-9-4-3-5-10(9)16/h8-9H,3-7H2,1-2H3,(H,13,17). The zero-order valence-corrected chi connectivity index (χ0v) is 11.6. The van der Waals surface area contributed by atoms with Gasteiger partial charge in [-0.25, -0.2) is 9.89 Å². The molecule has 1 N–H and O–H groups in total. The Morgan fingerprint density at radius 3 is 2.89 bits per heavy atom. The van der Waals surface area contributed by atoms with Crippen LogP contribution in [0.3, 0.4) is 0 Å². The molecule has 0 aliphatic heterocycles. The molecule has 1 aromatic rings. The number of rotatable bonds is 5. The van der Waals surface area contributed by atoms with Gasteiger partial charge in [0.15, 0.2) is 5.16 Å². The number of Topliss-reactive ketones (excluding diaryl/α,β-unsaturated/α-hetero) is 1. The van der Waals surface area contributed by atoms with Crippen molar-refractivity contribution in [2.45, 2.75) is 50.7 Å². The van der Waals surface area contributed by atoms with E-state index in [4.69, 9.17) is 0 Å². The lowest BCUT2D eigenvalue weighted by molar-refractivity contribution is -0.120. The fourth-order valence-corrected chi connectivity index (χ4v) is 3.46. The molecule has 1 aliphatic rings. The minimum atomic E-state index is -0.163. The molecule has 1 unspecified atom stereocenters. The van der Waals surface area contributed by atoms with Gasteiger partial charge >= 0.3 is 5.69 Å². The molecule has 2 rings (SSSR count). The van der Waals surface area contributed by atoms with Crippen LogP contribution in [0.4, 0.5) is 0 Å². The molecule has 0 bridgehead atoms. The third-order valence-corrected chi connectivity index (χ3v) is 4.30. The molecule has 0 amide bonds. The quantitative estimate of drug-likeness (QED) is 0.830. The second kappa shape index (κ2) is 5.73. The summed E-state index contributed by atoms with van der Waals surface area (Å²) in [5, 5.41) is 7.22. The predicted molar refractivity (Wildman–Crippen MR) is 70.9 cm³/mol. The second-order valence-electron chi connectivity index (χ2n) is 4.97. The van der Waals surface area contributed by atoms with Gasteiger partial charge in [0.25, 0.3) is 0 Å². The minimum Gasteiger partial charge on any atom is -0.299 e. The Labute approximate surface area is 110 Å². The number of carbonyl (C=O) groups excluding carboxylic acids is 1. The largest absolute Gasteiger partial charge is 0.344 e. The van der Waals surface area contributed by atoms with Crippen molar-refractivity contribution in [2.75, 3.05) is 5.75 Å². The number of hydrogen-bond acceptors (Lipinski definition) is 4. The Morgan fingerprint density at radius 2 is 2.28 bits per heavy atom. The smallest absolute Gasteiger partial charge is 0.299 e. The third kappa shape index (κ3) is 2.85. The number of nitrogens with one attached hydrogen (secondary N) is 1. The van der Waals surface area contributed by atoms with E-state index >= 15 is 0 Å². The minimum absolute atomic E-state index is 0.104. The Bertz CT molecular complexity index is 478. The van der Waals surface area contributed by atoms with Crippen LogP contribution in [0.2, 0.25) is 0 Å². The average molecular weight is 269 g/mol. The summed E-state index contributed by atoms with van der Waals surface area (Å²) >= 11 is 1.55. The van der Waals surface area contributed by atoms with E-state index in [0.717, 1.165) is 36.6 Å². The van der Waals surface area contributed by atoms with Gasteiger partial charge in [0.05, 0.1) is 0 Å². The maximum atomic E-state index is 11.5. The number of ketones is 1. The zero-order valence-electron chi connectivity index (χ0n) is 10.8. The van der Waals surface area contributed by atoms with E-state index in [1.807, 2.05) is 13.8 Å². The summed E-state index contributed by atoms with van der Waals surface area (Å²) in [5.74, 6) is 1.47. The van der Waals surface area contributed by atoms with Crippen LogP contribution in [-0.2, 0) is 4.79 Å². The highest BCUT2D eigenvalue weighted by Gasteiger charge is 2.24. The van der Waals surface area contributed by atoms with E-state index < -0.39 is 0 Å². The molecular weight excluding hydrogens is 250 g/mol. The van der Waals surface area contributed by atoms with E-state index in [1.54, 1.807) is 16.3 Å². The highest BCUT2D eigenvalue weighted by atomic mass is 32.2. The van der Waals surface area contributed by atoms with Crippen LogP contribution in [0.25, 0.3) is 0 Å². The van der Waals surface area contributed by atoms with Crippen molar-refractivity contribution in [1.82, 2.24) is 14.8 Å². The molecule has 100 valence electrons. The summed E-state index contributed by atoms with van der Waals surface area (Å²) in [6.45, 7) is 3.92. The highest BCUT2D eigenvalue weighted by Crippen LogP contribution is 2.27. The number of thioether (sulfide) groups is 1. The first-order valence-corrected chi connectivity index (χ1v) is 7.40. The van der Waals surface area contributed by atoms with Gasteiger partial charge < -0.3 is 0 Å². The fraction of sp³-hybridized carbons (Fsp3) is 0.750. The van der Waals surface area contributed by atoms with Crippen LogP contribution < -0.4 is 5.69 Å². The summed E-state index contributed by atoms with van der Waals surface area (Å²) in [6, 6.07) is 0.104. The van der Waals surface area contributed by atoms with Crippen molar-refractivity contribution >= 4 is 17.5 Å². The number of nitrogens with zero attached hydrogens (tertiary/aromatic N) is 2. The first-order valence-electron chi connectivity index (χ1n) is 6.42. The first-order chi connectivity index (χ1) is 8.59. The van der Waals surface area contributed by atoms with Crippen molar-refractivity contribution < 1.29 is 4.79 Å². The monoisotopic (exact) mass is 269 g/mol. The maximum absolute atomic E-state index is 11.5. The molecule has 0 aromatic carbocycles. The predicted octanol–water partition coefficient (Wildman–Crippen LogP) is 2.00. The number of aromatic nitrogens is 3. The second-order valence-corrected chi connectivity index (χ2v) is 6.03. The number of carbonyl (C=O) groups is 1. The molecule has 18 heavy (non-hydrogen) atoms. The molecule has 1 aliphatic carbocycles. The number of aromatic amines is 1. The van der Waals surface area contributed by atoms with Gasteiger partial charge in [-0.15, -0.1) is 5.10 Å². The lowest BCUT2D eigenvalue weighted by Gasteiger charge is -2.09. The van der Waals surface area contributed by atoms with Crippen molar-refractivity contribution in [3.05, 3.63) is 10.5 Å². The number of hydrogen-bond donors (Lipinski definition) is 1. The van der Waals surface area contributed by atoms with Crippen molar-refractivity contribution in [1.29, 1.82) is 0 Å². The summed E-state index contributed by atoms with van der Waals surface area (Å²) in [7, 11) is 0. The van der Waals surface area contributed by atoms with Gasteiger partial charge in [0, 0.05) is 24.1 Å². The molecule has 1 heterocycles. The van der Waals surface area contributed by atoms with Crippen LogP contribution in [0, 0.1) is 5.92 Å². The average Bonchev–Trinajstić information content (AvgIpc) is 2.86. The van der Waals surface area contributed by atoms with Gasteiger partial charge in [-0.05, 0) is 33.1 Å². The van der Waals surface area contributed by atoms with Crippen LogP contribution in [-0.4, -0.2) is 26.3 Å².